The molecule has 150 valence electrons. The Kier molecular flexibility index (Phi) is 5.69. The van der Waals surface area contributed by atoms with Crippen molar-refractivity contribution in [3.05, 3.63) is 76.1 Å². The van der Waals surface area contributed by atoms with Crippen LogP contribution in [-0.4, -0.2) is 28.8 Å². The smallest absolute Gasteiger partial charge is 0.259 e. The van der Waals surface area contributed by atoms with E-state index < -0.39 is 0 Å². The van der Waals surface area contributed by atoms with E-state index in [-0.39, 0.29) is 11.8 Å². The second kappa shape index (κ2) is 8.39. The van der Waals surface area contributed by atoms with E-state index in [9.17, 15) is 4.79 Å². The summed E-state index contributed by atoms with van der Waals surface area (Å²) in [7, 11) is 0. The van der Waals surface area contributed by atoms with E-state index in [1.165, 1.54) is 5.56 Å². The molecular formula is C23H25ClN4O. The van der Waals surface area contributed by atoms with Gasteiger partial charge in [0.05, 0.1) is 33.9 Å². The summed E-state index contributed by atoms with van der Waals surface area (Å²) in [4.78, 5) is 13.2. The van der Waals surface area contributed by atoms with Crippen LogP contribution in [0.4, 0.5) is 5.69 Å². The first kappa shape index (κ1) is 19.7. The van der Waals surface area contributed by atoms with Gasteiger partial charge in [0.1, 0.15) is 0 Å². The van der Waals surface area contributed by atoms with Gasteiger partial charge >= 0.3 is 0 Å². The molecule has 1 aromatic heterocycles. The Morgan fingerprint density at radius 3 is 2.48 bits per heavy atom. The Bertz CT molecular complexity index is 1020. The van der Waals surface area contributed by atoms with Gasteiger partial charge < -0.3 is 10.6 Å². The number of amides is 1. The number of nitrogens with zero attached hydrogens (tertiary/aromatic N) is 2. The van der Waals surface area contributed by atoms with Gasteiger partial charge in [-0.25, -0.2) is 4.68 Å². The van der Waals surface area contributed by atoms with Crippen molar-refractivity contribution in [3.63, 3.8) is 0 Å². The molecule has 2 aromatic carbocycles. The summed E-state index contributed by atoms with van der Waals surface area (Å²) in [5.41, 5.74) is 5.40. The Morgan fingerprint density at radius 1 is 1.10 bits per heavy atom. The highest BCUT2D eigenvalue weighted by molar-refractivity contribution is 6.34. The number of piperidine rings is 1. The number of carbonyl (C=O) groups excluding carboxylic acids is 1. The van der Waals surface area contributed by atoms with Crippen molar-refractivity contribution in [2.45, 2.75) is 32.6 Å². The first-order chi connectivity index (χ1) is 14.0. The second-order valence-electron chi connectivity index (χ2n) is 7.65. The van der Waals surface area contributed by atoms with Crippen LogP contribution in [0.15, 0.2) is 48.7 Å². The van der Waals surface area contributed by atoms with Crippen molar-refractivity contribution >= 4 is 23.2 Å². The highest BCUT2D eigenvalue weighted by Crippen LogP contribution is 2.31. The largest absolute Gasteiger partial charge is 0.321 e. The minimum Gasteiger partial charge on any atom is -0.321 e. The molecule has 6 heteroatoms. The molecule has 2 heterocycles. The van der Waals surface area contributed by atoms with Crippen LogP contribution in [0.1, 0.15) is 45.9 Å². The van der Waals surface area contributed by atoms with Crippen molar-refractivity contribution in [1.29, 1.82) is 0 Å². The van der Waals surface area contributed by atoms with Crippen molar-refractivity contribution in [1.82, 2.24) is 15.1 Å². The first-order valence-corrected chi connectivity index (χ1v) is 10.3. The van der Waals surface area contributed by atoms with E-state index in [4.69, 9.17) is 11.6 Å². The molecule has 1 amide bonds. The van der Waals surface area contributed by atoms with Gasteiger partial charge in [0.2, 0.25) is 0 Å². The van der Waals surface area contributed by atoms with Crippen LogP contribution < -0.4 is 10.6 Å². The summed E-state index contributed by atoms with van der Waals surface area (Å²) in [5, 5.41) is 11.5. The Balaban J connectivity index is 1.72. The summed E-state index contributed by atoms with van der Waals surface area (Å²) in [6, 6.07) is 13.8. The summed E-state index contributed by atoms with van der Waals surface area (Å²) in [6.07, 6.45) is 3.63. The summed E-state index contributed by atoms with van der Waals surface area (Å²) >= 11 is 6.32. The lowest BCUT2D eigenvalue weighted by Gasteiger charge is -2.24. The predicted molar refractivity (Wildman–Crippen MR) is 117 cm³/mol. The van der Waals surface area contributed by atoms with Gasteiger partial charge in [0, 0.05) is 5.92 Å². The molecule has 2 N–H and O–H groups in total. The molecular weight excluding hydrogens is 384 g/mol. The fourth-order valence-electron chi connectivity index (χ4n) is 3.82. The molecule has 0 unspecified atom stereocenters. The molecule has 4 rings (SSSR count). The summed E-state index contributed by atoms with van der Waals surface area (Å²) in [5.74, 6) is 0.0944. The average Bonchev–Trinajstić information content (AvgIpc) is 3.16. The molecule has 3 aromatic rings. The van der Waals surface area contributed by atoms with Crippen LogP contribution in [0.2, 0.25) is 5.02 Å². The molecule has 0 radical (unpaired) electrons. The third-order valence-corrected chi connectivity index (χ3v) is 5.74. The van der Waals surface area contributed by atoms with Gasteiger partial charge in [-0.05, 0) is 69.6 Å². The van der Waals surface area contributed by atoms with Crippen molar-refractivity contribution < 1.29 is 4.79 Å². The van der Waals surface area contributed by atoms with E-state index in [1.807, 2.05) is 41.9 Å². The van der Waals surface area contributed by atoms with Crippen LogP contribution in [0.3, 0.4) is 0 Å². The standard InChI is InChI=1S/C23H25ClN4O/c1-15-3-6-18(7-4-15)28-22(17-9-11-25-12-10-17)19(14-26-28)23(29)27-21-8-5-16(2)13-20(21)24/h3-8,13-14,17,25H,9-12H2,1-2H3,(H,27,29). The van der Waals surface area contributed by atoms with E-state index in [2.05, 4.69) is 34.8 Å². The normalized spacial score (nSPS) is 14.7. The van der Waals surface area contributed by atoms with Gasteiger partial charge in [-0.15, -0.1) is 0 Å². The number of hydrogen-bond acceptors (Lipinski definition) is 3. The molecule has 1 aliphatic heterocycles. The Hall–Kier alpha value is -2.63. The van der Waals surface area contributed by atoms with E-state index in [0.29, 0.717) is 16.3 Å². The quantitative estimate of drug-likeness (QED) is 0.648. The lowest BCUT2D eigenvalue weighted by atomic mass is 9.91. The molecule has 1 saturated heterocycles. The molecule has 0 saturated carbocycles. The fourth-order valence-corrected chi connectivity index (χ4v) is 4.11. The number of anilines is 1. The van der Waals surface area contributed by atoms with Crippen LogP contribution in [-0.2, 0) is 0 Å². The number of hydrogen-bond donors (Lipinski definition) is 2. The third kappa shape index (κ3) is 4.21. The average molecular weight is 409 g/mol. The monoisotopic (exact) mass is 408 g/mol. The maximum absolute atomic E-state index is 13.2. The van der Waals surface area contributed by atoms with Gasteiger partial charge in [-0.1, -0.05) is 35.4 Å². The number of carbonyl (C=O) groups is 1. The zero-order chi connectivity index (χ0) is 20.4. The molecule has 0 bridgehead atoms. The summed E-state index contributed by atoms with van der Waals surface area (Å²) < 4.78 is 1.92. The van der Waals surface area contributed by atoms with Crippen LogP contribution >= 0.6 is 11.6 Å². The number of nitrogens with one attached hydrogen (secondary N) is 2. The van der Waals surface area contributed by atoms with Gasteiger partial charge in [-0.3, -0.25) is 4.79 Å². The highest BCUT2D eigenvalue weighted by atomic mass is 35.5. The minimum absolute atomic E-state index is 0.178. The lowest BCUT2D eigenvalue weighted by molar-refractivity contribution is 0.102. The minimum atomic E-state index is -0.178. The molecule has 0 spiro atoms. The number of halogens is 1. The Morgan fingerprint density at radius 2 is 1.79 bits per heavy atom. The van der Waals surface area contributed by atoms with Crippen LogP contribution in [0, 0.1) is 13.8 Å². The van der Waals surface area contributed by atoms with E-state index in [1.54, 1.807) is 6.20 Å². The van der Waals surface area contributed by atoms with Crippen LogP contribution in [0.5, 0.6) is 0 Å². The number of benzene rings is 2. The van der Waals surface area contributed by atoms with Crippen molar-refractivity contribution in [2.75, 3.05) is 18.4 Å². The lowest BCUT2D eigenvalue weighted by Crippen LogP contribution is -2.29. The van der Waals surface area contributed by atoms with Gasteiger partial charge in [0.15, 0.2) is 0 Å². The van der Waals surface area contributed by atoms with Crippen molar-refractivity contribution in [2.24, 2.45) is 0 Å². The van der Waals surface area contributed by atoms with E-state index >= 15 is 0 Å². The second-order valence-corrected chi connectivity index (χ2v) is 8.06. The first-order valence-electron chi connectivity index (χ1n) is 9.96. The molecule has 0 atom stereocenters. The molecule has 5 nitrogen and oxygen atoms in total. The summed E-state index contributed by atoms with van der Waals surface area (Å²) in [6.45, 7) is 5.91. The molecule has 1 aliphatic rings. The van der Waals surface area contributed by atoms with Gasteiger partial charge in [0.25, 0.3) is 5.91 Å². The molecule has 29 heavy (non-hydrogen) atoms. The SMILES string of the molecule is Cc1ccc(-n2ncc(C(=O)Nc3ccc(C)cc3Cl)c2C2CCNCC2)cc1. The Labute approximate surface area is 176 Å². The zero-order valence-electron chi connectivity index (χ0n) is 16.7. The molecule has 0 aliphatic carbocycles. The highest BCUT2D eigenvalue weighted by Gasteiger charge is 2.27. The predicted octanol–water partition coefficient (Wildman–Crippen LogP) is 4.86. The maximum atomic E-state index is 13.2. The van der Waals surface area contributed by atoms with Gasteiger partial charge in [-0.2, -0.15) is 5.10 Å². The fraction of sp³-hybridized carbons (Fsp3) is 0.304. The maximum Gasteiger partial charge on any atom is 0.259 e. The number of aromatic nitrogens is 2. The number of rotatable bonds is 4. The molecule has 1 fully saturated rings. The number of aryl methyl sites for hydroxylation is 2. The topological polar surface area (TPSA) is 59.0 Å². The van der Waals surface area contributed by atoms with E-state index in [0.717, 1.165) is 42.9 Å². The van der Waals surface area contributed by atoms with Crippen molar-refractivity contribution in [3.8, 4) is 5.69 Å². The third-order valence-electron chi connectivity index (χ3n) is 5.43. The zero-order valence-corrected chi connectivity index (χ0v) is 17.5. The van der Waals surface area contributed by atoms with Crippen LogP contribution in [0.25, 0.3) is 5.69 Å².